The fraction of sp³-hybridized carbons (Fsp3) is 0.182. The molecule has 84 valence electrons. The van der Waals surface area contributed by atoms with Crippen molar-refractivity contribution in [2.75, 3.05) is 0 Å². The zero-order chi connectivity index (χ0) is 11.9. The number of carboxylic acid groups (broad SMARTS) is 1. The van der Waals surface area contributed by atoms with Gasteiger partial charge in [0, 0.05) is 10.9 Å². The van der Waals surface area contributed by atoms with Crippen LogP contribution in [0.5, 0.6) is 0 Å². The number of aryl methyl sites for hydroxylation is 1. The number of hydrogen-bond acceptors (Lipinski definition) is 2. The number of aliphatic carboxylic acids is 1. The quantitative estimate of drug-likeness (QED) is 0.856. The summed E-state index contributed by atoms with van der Waals surface area (Å²) in [5.74, 6) is -7.01. The lowest BCUT2D eigenvalue weighted by molar-refractivity contribution is -0.168. The first kappa shape index (κ1) is 10.6. The number of carboxylic acids is 1. The van der Waals surface area contributed by atoms with Gasteiger partial charge in [-0.05, 0) is 13.0 Å². The Morgan fingerprint density at radius 3 is 2.56 bits per heavy atom. The van der Waals surface area contributed by atoms with Crippen LogP contribution in [0.1, 0.15) is 11.3 Å². The number of rotatable bonds is 2. The Morgan fingerprint density at radius 1 is 1.38 bits per heavy atom. The van der Waals surface area contributed by atoms with Crippen LogP contribution in [0, 0.1) is 6.92 Å². The van der Waals surface area contributed by atoms with Crippen molar-refractivity contribution in [3.63, 3.8) is 0 Å². The SMILES string of the molecule is Cc1c(C(F)(F)C(=O)O)oc2ccccc12. The van der Waals surface area contributed by atoms with Crippen molar-refractivity contribution in [2.24, 2.45) is 0 Å². The molecule has 0 fully saturated rings. The third kappa shape index (κ3) is 1.36. The maximum atomic E-state index is 13.3. The summed E-state index contributed by atoms with van der Waals surface area (Å²) in [5.41, 5.74) is 0.416. The van der Waals surface area contributed by atoms with E-state index < -0.39 is 17.7 Å². The number of halogens is 2. The van der Waals surface area contributed by atoms with E-state index in [1.807, 2.05) is 0 Å². The lowest BCUT2D eigenvalue weighted by Gasteiger charge is -2.08. The summed E-state index contributed by atoms with van der Waals surface area (Å²) in [5, 5.41) is 8.93. The van der Waals surface area contributed by atoms with Crippen LogP contribution in [-0.2, 0) is 10.7 Å². The Hall–Kier alpha value is -1.91. The minimum absolute atomic E-state index is 0.156. The van der Waals surface area contributed by atoms with Gasteiger partial charge in [0.15, 0.2) is 5.76 Å². The van der Waals surface area contributed by atoms with Gasteiger partial charge in [-0.3, -0.25) is 0 Å². The third-order valence-corrected chi connectivity index (χ3v) is 2.40. The Morgan fingerprint density at radius 2 is 2.00 bits per heavy atom. The van der Waals surface area contributed by atoms with Crippen LogP contribution in [0.25, 0.3) is 11.0 Å². The molecule has 0 unspecified atom stereocenters. The molecule has 1 aromatic heterocycles. The largest absolute Gasteiger partial charge is 0.476 e. The summed E-state index contributed by atoms with van der Waals surface area (Å²) in [7, 11) is 0. The molecule has 0 saturated heterocycles. The molecule has 2 aromatic rings. The molecule has 0 aliphatic carbocycles. The Bertz CT molecular complexity index is 557. The number of alkyl halides is 2. The molecular formula is C11H8F2O3. The van der Waals surface area contributed by atoms with Gasteiger partial charge in [-0.2, -0.15) is 8.78 Å². The fourth-order valence-electron chi connectivity index (χ4n) is 1.57. The Labute approximate surface area is 89.3 Å². The first-order valence-corrected chi connectivity index (χ1v) is 4.54. The molecule has 0 bridgehead atoms. The van der Waals surface area contributed by atoms with Gasteiger partial charge in [-0.1, -0.05) is 18.2 Å². The number of para-hydroxylation sites is 1. The summed E-state index contributed by atoms with van der Waals surface area (Å²) >= 11 is 0. The van der Waals surface area contributed by atoms with E-state index in [0.717, 1.165) is 0 Å². The van der Waals surface area contributed by atoms with Gasteiger partial charge in [0.05, 0.1) is 0 Å². The topological polar surface area (TPSA) is 50.4 Å². The van der Waals surface area contributed by atoms with Crippen molar-refractivity contribution in [3.8, 4) is 0 Å². The molecule has 0 atom stereocenters. The van der Waals surface area contributed by atoms with E-state index in [4.69, 9.17) is 9.52 Å². The molecule has 1 heterocycles. The second-order valence-corrected chi connectivity index (χ2v) is 3.43. The average Bonchev–Trinajstić information content (AvgIpc) is 2.57. The van der Waals surface area contributed by atoms with Crippen molar-refractivity contribution in [1.82, 2.24) is 0 Å². The van der Waals surface area contributed by atoms with E-state index in [0.29, 0.717) is 5.39 Å². The van der Waals surface area contributed by atoms with Crippen LogP contribution in [0.4, 0.5) is 8.78 Å². The molecule has 0 aliphatic heterocycles. The van der Waals surface area contributed by atoms with Gasteiger partial charge < -0.3 is 9.52 Å². The number of carbonyl (C=O) groups is 1. The normalized spacial score (nSPS) is 11.9. The summed E-state index contributed by atoms with van der Waals surface area (Å²) in [6.45, 7) is 1.41. The van der Waals surface area contributed by atoms with Gasteiger partial charge in [0.2, 0.25) is 0 Å². The van der Waals surface area contributed by atoms with Crippen molar-refractivity contribution in [2.45, 2.75) is 12.8 Å². The van der Waals surface area contributed by atoms with Gasteiger partial charge in [0.1, 0.15) is 5.58 Å². The molecule has 2 rings (SSSR count). The van der Waals surface area contributed by atoms with Crippen LogP contribution in [0.15, 0.2) is 28.7 Å². The molecule has 3 nitrogen and oxygen atoms in total. The van der Waals surface area contributed by atoms with E-state index in [1.165, 1.54) is 13.0 Å². The van der Waals surface area contributed by atoms with Crippen LogP contribution >= 0.6 is 0 Å². The molecule has 0 amide bonds. The van der Waals surface area contributed by atoms with Gasteiger partial charge in [-0.25, -0.2) is 4.79 Å². The van der Waals surface area contributed by atoms with Crippen LogP contribution in [-0.4, -0.2) is 11.1 Å². The zero-order valence-corrected chi connectivity index (χ0v) is 8.33. The lowest BCUT2D eigenvalue weighted by atomic mass is 10.1. The minimum Gasteiger partial charge on any atom is -0.476 e. The van der Waals surface area contributed by atoms with Crippen LogP contribution < -0.4 is 0 Å². The first-order valence-electron chi connectivity index (χ1n) is 4.54. The number of fused-ring (bicyclic) bond motifs is 1. The van der Waals surface area contributed by atoms with Crippen LogP contribution in [0.2, 0.25) is 0 Å². The highest BCUT2D eigenvalue weighted by atomic mass is 19.3. The molecular weight excluding hydrogens is 218 g/mol. The van der Waals surface area contributed by atoms with Gasteiger partial charge in [0.25, 0.3) is 0 Å². The van der Waals surface area contributed by atoms with E-state index in [-0.39, 0.29) is 11.1 Å². The standard InChI is InChI=1S/C11H8F2O3/c1-6-7-4-2-3-5-8(7)16-9(6)11(12,13)10(14)15/h2-5H,1H3,(H,14,15). The van der Waals surface area contributed by atoms with Crippen LogP contribution in [0.3, 0.4) is 0 Å². The van der Waals surface area contributed by atoms with Crippen molar-refractivity contribution in [3.05, 3.63) is 35.6 Å². The van der Waals surface area contributed by atoms with Gasteiger partial charge >= 0.3 is 11.9 Å². The number of furan rings is 1. The summed E-state index contributed by atoms with van der Waals surface area (Å²) in [6.07, 6.45) is 0. The van der Waals surface area contributed by atoms with E-state index in [9.17, 15) is 13.6 Å². The Kier molecular flexibility index (Phi) is 2.18. The summed E-state index contributed by atoms with van der Waals surface area (Å²) in [4.78, 5) is 10.4. The molecule has 0 aliphatic rings. The highest BCUT2D eigenvalue weighted by molar-refractivity contribution is 5.85. The highest BCUT2D eigenvalue weighted by Gasteiger charge is 2.46. The molecule has 1 N–H and O–H groups in total. The monoisotopic (exact) mass is 226 g/mol. The molecule has 0 radical (unpaired) electrons. The molecule has 1 aromatic carbocycles. The smallest absolute Gasteiger partial charge is 0.399 e. The predicted octanol–water partition coefficient (Wildman–Crippen LogP) is 2.92. The van der Waals surface area contributed by atoms with E-state index in [2.05, 4.69) is 0 Å². The van der Waals surface area contributed by atoms with Gasteiger partial charge in [-0.15, -0.1) is 0 Å². The lowest BCUT2D eigenvalue weighted by Crippen LogP contribution is -2.25. The van der Waals surface area contributed by atoms with Crippen molar-refractivity contribution in [1.29, 1.82) is 0 Å². The molecule has 0 spiro atoms. The minimum atomic E-state index is -4.00. The van der Waals surface area contributed by atoms with Crippen molar-refractivity contribution >= 4 is 16.9 Å². The first-order chi connectivity index (χ1) is 7.44. The molecule has 0 saturated carbocycles. The molecule has 5 heteroatoms. The second kappa shape index (κ2) is 3.30. The molecule has 16 heavy (non-hydrogen) atoms. The number of hydrogen-bond donors (Lipinski definition) is 1. The predicted molar refractivity (Wildman–Crippen MR) is 52.5 cm³/mol. The number of benzene rings is 1. The van der Waals surface area contributed by atoms with Crippen molar-refractivity contribution < 1.29 is 23.1 Å². The zero-order valence-electron chi connectivity index (χ0n) is 8.33. The maximum Gasteiger partial charge on any atom is 0.399 e. The fourth-order valence-corrected chi connectivity index (χ4v) is 1.57. The maximum absolute atomic E-state index is 13.3. The van der Waals surface area contributed by atoms with E-state index in [1.54, 1.807) is 18.2 Å². The summed E-state index contributed by atoms with van der Waals surface area (Å²) < 4.78 is 31.5. The third-order valence-electron chi connectivity index (χ3n) is 2.40. The van der Waals surface area contributed by atoms with E-state index >= 15 is 0 Å². The second-order valence-electron chi connectivity index (χ2n) is 3.43. The summed E-state index contributed by atoms with van der Waals surface area (Å²) in [6, 6.07) is 6.43. The Balaban J connectivity index is 2.71. The highest BCUT2D eigenvalue weighted by Crippen LogP contribution is 2.36. The average molecular weight is 226 g/mol.